The smallest absolute Gasteiger partial charge is 0.282 e. The Kier molecular flexibility index (Phi) is 5.14. The molecule has 1 aromatic carbocycles. The molecule has 33 heavy (non-hydrogen) atoms. The summed E-state index contributed by atoms with van der Waals surface area (Å²) < 4.78 is 41.2. The maximum Gasteiger partial charge on any atom is 0.282 e. The Morgan fingerprint density at radius 2 is 1.91 bits per heavy atom. The van der Waals surface area contributed by atoms with Gasteiger partial charge in [-0.2, -0.15) is 17.6 Å². The number of carbonyl (C=O) groups excluding carboxylic acids is 1. The maximum absolute atomic E-state index is 14.1. The lowest BCUT2D eigenvalue weighted by Crippen LogP contribution is -2.34. The van der Waals surface area contributed by atoms with E-state index in [-0.39, 0.29) is 23.7 Å². The van der Waals surface area contributed by atoms with Crippen LogP contribution in [0.5, 0.6) is 0 Å². The van der Waals surface area contributed by atoms with Crippen LogP contribution in [0.4, 0.5) is 4.39 Å². The van der Waals surface area contributed by atoms with E-state index >= 15 is 0 Å². The van der Waals surface area contributed by atoms with Crippen LogP contribution in [0, 0.1) is 5.82 Å². The van der Waals surface area contributed by atoms with Crippen LogP contribution in [0.3, 0.4) is 0 Å². The van der Waals surface area contributed by atoms with E-state index < -0.39 is 34.3 Å². The van der Waals surface area contributed by atoms with Crippen LogP contribution in [0.25, 0.3) is 10.9 Å². The quantitative estimate of drug-likeness (QED) is 0.476. The minimum absolute atomic E-state index is 0.0449. The number of aliphatic hydroxyl groups excluding tert-OH is 1. The number of halogens is 1. The van der Waals surface area contributed by atoms with Crippen LogP contribution in [-0.2, 0) is 27.9 Å². The van der Waals surface area contributed by atoms with Crippen LogP contribution in [-0.4, -0.2) is 50.1 Å². The maximum atomic E-state index is 14.1. The van der Waals surface area contributed by atoms with Gasteiger partial charge >= 0.3 is 0 Å². The number of aliphatic hydroxyl groups is 1. The second-order valence-corrected chi connectivity index (χ2v) is 9.43. The molecule has 1 N–H and O–H groups in total. The predicted octanol–water partition coefficient (Wildman–Crippen LogP) is 1.82. The van der Waals surface area contributed by atoms with Crippen molar-refractivity contribution in [2.75, 3.05) is 6.61 Å². The fraction of sp³-hybridized carbons (Fsp3) is 0.182. The summed E-state index contributed by atoms with van der Waals surface area (Å²) in [5.41, 5.74) is 1.53. The van der Waals surface area contributed by atoms with Gasteiger partial charge in [0.15, 0.2) is 0 Å². The van der Waals surface area contributed by atoms with Crippen LogP contribution >= 0.6 is 0 Å². The third-order valence-electron chi connectivity index (χ3n) is 5.59. The van der Waals surface area contributed by atoms with E-state index in [9.17, 15) is 22.7 Å². The molecule has 9 nitrogen and oxygen atoms in total. The number of benzene rings is 1. The van der Waals surface area contributed by atoms with Crippen molar-refractivity contribution >= 4 is 26.8 Å². The van der Waals surface area contributed by atoms with Crippen molar-refractivity contribution in [2.45, 2.75) is 23.9 Å². The third-order valence-corrected chi connectivity index (χ3v) is 7.12. The van der Waals surface area contributed by atoms with Gasteiger partial charge in [0.2, 0.25) is 5.91 Å². The Labute approximate surface area is 188 Å². The van der Waals surface area contributed by atoms with Gasteiger partial charge in [0, 0.05) is 36.1 Å². The minimum atomic E-state index is -3.94. The molecule has 0 saturated heterocycles. The van der Waals surface area contributed by atoms with Crippen molar-refractivity contribution in [3.63, 3.8) is 0 Å². The molecule has 5 rings (SSSR count). The number of hydrogen-bond acceptors (Lipinski definition) is 7. The zero-order chi connectivity index (χ0) is 23.2. The van der Waals surface area contributed by atoms with Gasteiger partial charge in [-0.1, -0.05) is 6.07 Å². The zero-order valence-electron chi connectivity index (χ0n) is 17.2. The van der Waals surface area contributed by atoms with E-state index in [1.165, 1.54) is 41.6 Å². The molecule has 0 fully saturated rings. The molecule has 168 valence electrons. The Morgan fingerprint density at radius 3 is 2.67 bits per heavy atom. The van der Waals surface area contributed by atoms with E-state index in [1.807, 2.05) is 0 Å². The van der Waals surface area contributed by atoms with Crippen LogP contribution < -0.4 is 0 Å². The van der Waals surface area contributed by atoms with E-state index in [1.54, 1.807) is 24.4 Å². The summed E-state index contributed by atoms with van der Waals surface area (Å²) in [6.45, 7) is -0.467. The normalized spacial score (nSPS) is 14.4. The number of rotatable bonds is 5. The van der Waals surface area contributed by atoms with Gasteiger partial charge in [-0.15, -0.1) is 0 Å². The summed E-state index contributed by atoms with van der Waals surface area (Å²) in [7, 11) is -3.94. The fourth-order valence-corrected chi connectivity index (χ4v) is 5.09. The van der Waals surface area contributed by atoms with Gasteiger partial charge in [0.1, 0.15) is 11.7 Å². The molecule has 3 aromatic heterocycles. The van der Waals surface area contributed by atoms with Crippen LogP contribution in [0.2, 0.25) is 0 Å². The molecule has 0 radical (unpaired) electrons. The molecule has 4 heterocycles. The van der Waals surface area contributed by atoms with Gasteiger partial charge in [-0.05, 0) is 36.4 Å². The Balaban J connectivity index is 1.39. The first kappa shape index (κ1) is 21.2. The molecule has 1 atom stereocenters. The highest BCUT2D eigenvalue weighted by Gasteiger charge is 2.34. The van der Waals surface area contributed by atoms with E-state index in [0.717, 1.165) is 4.09 Å². The van der Waals surface area contributed by atoms with Gasteiger partial charge in [-0.3, -0.25) is 14.8 Å². The van der Waals surface area contributed by atoms with E-state index in [4.69, 9.17) is 0 Å². The minimum Gasteiger partial charge on any atom is -0.395 e. The van der Waals surface area contributed by atoms with E-state index in [0.29, 0.717) is 22.2 Å². The van der Waals surface area contributed by atoms with Gasteiger partial charge in [-0.25, -0.2) is 4.39 Å². The lowest BCUT2D eigenvalue weighted by molar-refractivity contribution is -0.134. The molecular weight excluding hydrogens is 449 g/mol. The number of pyridine rings is 2. The highest BCUT2D eigenvalue weighted by molar-refractivity contribution is 7.89. The van der Waals surface area contributed by atoms with Crippen molar-refractivity contribution in [2.24, 2.45) is 0 Å². The monoisotopic (exact) mass is 467 g/mol. The van der Waals surface area contributed by atoms with Gasteiger partial charge in [0.25, 0.3) is 10.0 Å². The molecule has 0 saturated carbocycles. The average molecular weight is 467 g/mol. The molecule has 0 spiro atoms. The van der Waals surface area contributed by atoms with Crippen molar-refractivity contribution in [3.05, 3.63) is 83.8 Å². The molecule has 11 heteroatoms. The largest absolute Gasteiger partial charge is 0.395 e. The molecule has 0 bridgehead atoms. The molecule has 1 unspecified atom stereocenters. The van der Waals surface area contributed by atoms with Crippen LogP contribution in [0.1, 0.15) is 22.9 Å². The Hall–Kier alpha value is -3.70. The number of carbonyl (C=O) groups is 1. The zero-order valence-corrected chi connectivity index (χ0v) is 18.0. The number of nitrogens with zero attached hydrogens (tertiary/aromatic N) is 5. The summed E-state index contributed by atoms with van der Waals surface area (Å²) in [6.07, 6.45) is 4.36. The molecule has 0 aliphatic carbocycles. The summed E-state index contributed by atoms with van der Waals surface area (Å²) >= 11 is 0. The molecular formula is C22H18FN5O4S. The first-order valence-corrected chi connectivity index (χ1v) is 11.5. The number of amides is 1. The molecule has 4 aromatic rings. The number of aromatic nitrogens is 4. The summed E-state index contributed by atoms with van der Waals surface area (Å²) in [6, 6.07) is 10.7. The highest BCUT2D eigenvalue weighted by Crippen LogP contribution is 2.28. The summed E-state index contributed by atoms with van der Waals surface area (Å²) in [5, 5.41) is 14.6. The topological polar surface area (TPSA) is 118 Å². The third kappa shape index (κ3) is 3.64. The van der Waals surface area contributed by atoms with Gasteiger partial charge in [0.05, 0.1) is 35.0 Å². The first-order chi connectivity index (χ1) is 15.9. The molecule has 1 aliphatic heterocycles. The average Bonchev–Trinajstić information content (AvgIpc) is 3.40. The van der Waals surface area contributed by atoms with Crippen molar-refractivity contribution < 1.29 is 22.7 Å². The lowest BCUT2D eigenvalue weighted by Gasteiger charge is -2.21. The lowest BCUT2D eigenvalue weighted by atomic mass is 10.0. The van der Waals surface area contributed by atoms with Gasteiger partial charge < -0.3 is 10.0 Å². The van der Waals surface area contributed by atoms with Crippen LogP contribution in [0.15, 0.2) is 66.0 Å². The molecule has 1 amide bonds. The van der Waals surface area contributed by atoms with Crippen molar-refractivity contribution in [1.29, 1.82) is 0 Å². The highest BCUT2D eigenvalue weighted by atomic mass is 32.2. The molecule has 1 aliphatic rings. The van der Waals surface area contributed by atoms with E-state index in [2.05, 4.69) is 15.1 Å². The fourth-order valence-electron chi connectivity index (χ4n) is 3.88. The second kappa shape index (κ2) is 8.01. The van der Waals surface area contributed by atoms with Crippen molar-refractivity contribution in [1.82, 2.24) is 24.1 Å². The SMILES string of the molecule is O=C(C(CO)c1ncccc1F)N1Cc2cn(S(=O)(=O)c3ccc4ncccc4c3)nc2C1. The van der Waals surface area contributed by atoms with Crippen molar-refractivity contribution in [3.8, 4) is 0 Å². The Morgan fingerprint density at radius 1 is 1.12 bits per heavy atom. The predicted molar refractivity (Wildman–Crippen MR) is 115 cm³/mol. The second-order valence-electron chi connectivity index (χ2n) is 7.64. The first-order valence-electron chi connectivity index (χ1n) is 10.1. The standard InChI is InChI=1S/C22H18FN5O4S/c23-18-4-2-8-25-21(18)17(13-29)22(30)27-10-15-11-28(26-20(15)12-27)33(31,32)16-5-6-19-14(9-16)3-1-7-24-19/h1-9,11,17,29H,10,12-13H2. The number of hydrogen-bond donors (Lipinski definition) is 1. The summed E-state index contributed by atoms with van der Waals surface area (Å²) in [4.78, 5) is 22.5. The summed E-state index contributed by atoms with van der Waals surface area (Å²) in [5.74, 6) is -2.34. The number of fused-ring (bicyclic) bond motifs is 2. The Bertz CT molecular complexity index is 1460.